The number of thiol groups is 1. The Kier molecular flexibility index (Phi) is 7.06. The van der Waals surface area contributed by atoms with E-state index in [0.717, 1.165) is 25.9 Å². The van der Waals surface area contributed by atoms with Crippen LogP contribution < -0.4 is 0 Å². The Morgan fingerprint density at radius 3 is 1.64 bits per heavy atom. The van der Waals surface area contributed by atoms with Gasteiger partial charge in [-0.25, -0.2) is 0 Å². The van der Waals surface area contributed by atoms with E-state index in [1.165, 1.54) is 0 Å². The largest absolute Gasteiger partial charge is 0.334 e. The van der Waals surface area contributed by atoms with E-state index in [-0.39, 0.29) is 5.24 Å². The van der Waals surface area contributed by atoms with Crippen LogP contribution in [-0.4, -0.2) is 23.2 Å². The van der Waals surface area contributed by atoms with Crippen LogP contribution in [-0.2, 0) is 0 Å². The number of hydrogen-bond acceptors (Lipinski definition) is 1. The summed E-state index contributed by atoms with van der Waals surface area (Å²) in [5.74, 6) is 1.29. The Morgan fingerprint density at radius 2 is 1.43 bits per heavy atom. The predicted octanol–water partition coefficient (Wildman–Crippen LogP) is 3.43. The van der Waals surface area contributed by atoms with Gasteiger partial charge in [0.25, 0.3) is 5.24 Å². The highest BCUT2D eigenvalue weighted by molar-refractivity contribution is 7.96. The van der Waals surface area contributed by atoms with E-state index in [0.29, 0.717) is 11.8 Å². The summed E-state index contributed by atoms with van der Waals surface area (Å²) in [5, 5.41) is -0.0914. The molecule has 84 valence electrons. The number of carbonyl (C=O) groups excluding carboxylic acids is 1. The van der Waals surface area contributed by atoms with Gasteiger partial charge in [-0.3, -0.25) is 4.79 Å². The lowest BCUT2D eigenvalue weighted by Crippen LogP contribution is -2.30. The van der Waals surface area contributed by atoms with Gasteiger partial charge in [0.15, 0.2) is 0 Å². The fourth-order valence-corrected chi connectivity index (χ4v) is 1.33. The van der Waals surface area contributed by atoms with Crippen LogP contribution in [0.3, 0.4) is 0 Å². The fourth-order valence-electron chi connectivity index (χ4n) is 1.13. The molecule has 2 nitrogen and oxygen atoms in total. The highest BCUT2D eigenvalue weighted by atomic mass is 32.1. The quantitative estimate of drug-likeness (QED) is 0.676. The van der Waals surface area contributed by atoms with Crippen molar-refractivity contribution in [3.63, 3.8) is 0 Å². The van der Waals surface area contributed by atoms with Crippen molar-refractivity contribution in [3.05, 3.63) is 0 Å². The van der Waals surface area contributed by atoms with Gasteiger partial charge in [-0.1, -0.05) is 40.3 Å². The second kappa shape index (κ2) is 7.16. The van der Waals surface area contributed by atoms with Crippen LogP contribution in [0.25, 0.3) is 0 Å². The van der Waals surface area contributed by atoms with Gasteiger partial charge in [0, 0.05) is 13.1 Å². The molecule has 0 saturated heterocycles. The number of amides is 1. The lowest BCUT2D eigenvalue weighted by Gasteiger charge is -2.22. The van der Waals surface area contributed by atoms with Gasteiger partial charge in [0.2, 0.25) is 0 Å². The van der Waals surface area contributed by atoms with E-state index in [4.69, 9.17) is 0 Å². The summed E-state index contributed by atoms with van der Waals surface area (Å²) in [6, 6.07) is 0. The summed E-state index contributed by atoms with van der Waals surface area (Å²) in [6.45, 7) is 10.4. The number of hydrogen-bond donors (Lipinski definition) is 1. The predicted molar refractivity (Wildman–Crippen MR) is 64.9 cm³/mol. The molecule has 0 atom stereocenters. The minimum Gasteiger partial charge on any atom is -0.334 e. The van der Waals surface area contributed by atoms with E-state index in [9.17, 15) is 4.79 Å². The van der Waals surface area contributed by atoms with Crippen molar-refractivity contribution in [2.45, 2.75) is 40.5 Å². The first-order valence-corrected chi connectivity index (χ1v) is 5.86. The molecular weight excluding hydrogens is 194 g/mol. The first-order valence-electron chi connectivity index (χ1n) is 5.41. The SMILES string of the molecule is CC(C)CCN(CCC(C)C)C(=O)S. The van der Waals surface area contributed by atoms with Crippen molar-refractivity contribution in [1.29, 1.82) is 0 Å². The van der Waals surface area contributed by atoms with Gasteiger partial charge in [-0.2, -0.15) is 0 Å². The van der Waals surface area contributed by atoms with Gasteiger partial charge in [-0.15, -0.1) is 0 Å². The molecule has 0 aliphatic rings. The molecule has 0 fully saturated rings. The lowest BCUT2D eigenvalue weighted by atomic mass is 10.1. The van der Waals surface area contributed by atoms with Crippen molar-refractivity contribution < 1.29 is 4.79 Å². The molecule has 0 aliphatic carbocycles. The van der Waals surface area contributed by atoms with E-state index in [1.54, 1.807) is 0 Å². The summed E-state index contributed by atoms with van der Waals surface area (Å²) >= 11 is 3.88. The van der Waals surface area contributed by atoms with Gasteiger partial charge in [-0.05, 0) is 24.7 Å². The maximum absolute atomic E-state index is 11.2. The Bertz CT molecular complexity index is 157. The summed E-state index contributed by atoms with van der Waals surface area (Å²) < 4.78 is 0. The van der Waals surface area contributed by atoms with Gasteiger partial charge >= 0.3 is 0 Å². The normalized spacial score (nSPS) is 11.1. The average molecular weight is 217 g/mol. The second-order valence-corrected chi connectivity index (χ2v) is 5.02. The molecule has 1 amide bonds. The van der Waals surface area contributed by atoms with E-state index < -0.39 is 0 Å². The van der Waals surface area contributed by atoms with Gasteiger partial charge in [0.05, 0.1) is 0 Å². The maximum atomic E-state index is 11.2. The standard InChI is InChI=1S/C11H23NOS/c1-9(2)5-7-12(11(13)14)8-6-10(3)4/h9-10H,5-8H2,1-4H3,(H,13,14). The third-order valence-corrected chi connectivity index (χ3v) is 2.51. The van der Waals surface area contributed by atoms with Gasteiger partial charge < -0.3 is 4.90 Å². The maximum Gasteiger partial charge on any atom is 0.278 e. The third-order valence-electron chi connectivity index (χ3n) is 2.22. The van der Waals surface area contributed by atoms with E-state index >= 15 is 0 Å². The Hall–Kier alpha value is -0.180. The second-order valence-electron chi connectivity index (χ2n) is 4.63. The zero-order valence-electron chi connectivity index (χ0n) is 9.79. The molecule has 0 spiro atoms. The van der Waals surface area contributed by atoms with Crippen LogP contribution in [0.15, 0.2) is 0 Å². The molecule has 0 aromatic heterocycles. The molecule has 0 aliphatic heterocycles. The van der Waals surface area contributed by atoms with Crippen LogP contribution in [0.5, 0.6) is 0 Å². The summed E-state index contributed by atoms with van der Waals surface area (Å²) in [7, 11) is 0. The zero-order valence-corrected chi connectivity index (χ0v) is 10.7. The fraction of sp³-hybridized carbons (Fsp3) is 0.909. The summed E-state index contributed by atoms with van der Waals surface area (Å²) in [6.07, 6.45) is 2.12. The Balaban J connectivity index is 3.84. The summed E-state index contributed by atoms with van der Waals surface area (Å²) in [5.41, 5.74) is 0. The smallest absolute Gasteiger partial charge is 0.278 e. The van der Waals surface area contributed by atoms with Crippen LogP contribution >= 0.6 is 12.6 Å². The molecule has 0 N–H and O–H groups in total. The van der Waals surface area contributed by atoms with Crippen molar-refractivity contribution in [2.24, 2.45) is 11.8 Å². The Labute approximate surface area is 93.5 Å². The molecule has 0 rings (SSSR count). The molecule has 0 saturated carbocycles. The lowest BCUT2D eigenvalue weighted by molar-refractivity contribution is 0.216. The monoisotopic (exact) mass is 217 g/mol. The third kappa shape index (κ3) is 7.25. The van der Waals surface area contributed by atoms with Crippen LogP contribution in [0.4, 0.5) is 4.79 Å². The highest BCUT2D eigenvalue weighted by Gasteiger charge is 2.10. The molecular formula is C11H23NOS. The molecule has 0 radical (unpaired) electrons. The molecule has 14 heavy (non-hydrogen) atoms. The number of rotatable bonds is 6. The summed E-state index contributed by atoms with van der Waals surface area (Å²) in [4.78, 5) is 13.0. The first-order chi connectivity index (χ1) is 6.43. The van der Waals surface area contributed by atoms with Crippen LogP contribution in [0.2, 0.25) is 0 Å². The van der Waals surface area contributed by atoms with Crippen LogP contribution in [0, 0.1) is 11.8 Å². The molecule has 0 aromatic rings. The van der Waals surface area contributed by atoms with Crippen molar-refractivity contribution in [3.8, 4) is 0 Å². The number of nitrogens with zero attached hydrogens (tertiary/aromatic N) is 1. The molecule has 0 unspecified atom stereocenters. The molecule has 0 bridgehead atoms. The highest BCUT2D eigenvalue weighted by Crippen LogP contribution is 2.08. The van der Waals surface area contributed by atoms with E-state index in [2.05, 4.69) is 40.3 Å². The minimum absolute atomic E-state index is 0.0914. The average Bonchev–Trinajstić information content (AvgIpc) is 2.02. The van der Waals surface area contributed by atoms with Gasteiger partial charge in [0.1, 0.15) is 0 Å². The zero-order chi connectivity index (χ0) is 11.1. The number of carbonyl (C=O) groups is 1. The first kappa shape index (κ1) is 13.8. The minimum atomic E-state index is -0.0914. The van der Waals surface area contributed by atoms with Crippen molar-refractivity contribution >= 4 is 17.9 Å². The molecule has 0 aromatic carbocycles. The van der Waals surface area contributed by atoms with Crippen molar-refractivity contribution in [2.75, 3.05) is 13.1 Å². The Morgan fingerprint density at radius 1 is 1.07 bits per heavy atom. The van der Waals surface area contributed by atoms with E-state index in [1.807, 2.05) is 4.90 Å². The van der Waals surface area contributed by atoms with Crippen molar-refractivity contribution in [1.82, 2.24) is 4.90 Å². The van der Waals surface area contributed by atoms with Crippen LogP contribution in [0.1, 0.15) is 40.5 Å². The topological polar surface area (TPSA) is 20.3 Å². The molecule has 0 heterocycles. The molecule has 3 heteroatoms.